The monoisotopic (exact) mass is 311 g/mol. The number of hydrogen-bond acceptors (Lipinski definition) is 5. The third-order valence-corrected chi connectivity index (χ3v) is 5.08. The Morgan fingerprint density at radius 2 is 1.61 bits per heavy atom. The number of piperazine rings is 1. The van der Waals surface area contributed by atoms with E-state index in [4.69, 9.17) is 9.97 Å². The maximum atomic E-state index is 4.98. The Kier molecular flexibility index (Phi) is 4.04. The number of likely N-dealkylation sites (N-methyl/N-ethyl adjacent to an activating group) is 1. The summed E-state index contributed by atoms with van der Waals surface area (Å²) >= 11 is 0. The third kappa shape index (κ3) is 2.85. The van der Waals surface area contributed by atoms with Crippen molar-refractivity contribution in [3.05, 3.63) is 24.3 Å². The second kappa shape index (κ2) is 6.32. The first-order valence-corrected chi connectivity index (χ1v) is 8.84. The number of nitrogens with zero attached hydrogens (tertiary/aromatic N) is 5. The van der Waals surface area contributed by atoms with Crippen LogP contribution in [0, 0.1) is 0 Å². The Balaban J connectivity index is 1.70. The van der Waals surface area contributed by atoms with Crippen molar-refractivity contribution in [2.75, 3.05) is 55.6 Å². The number of para-hydroxylation sites is 1. The van der Waals surface area contributed by atoms with Gasteiger partial charge >= 0.3 is 0 Å². The van der Waals surface area contributed by atoms with Gasteiger partial charge in [0.05, 0.1) is 5.52 Å². The van der Waals surface area contributed by atoms with Gasteiger partial charge < -0.3 is 14.7 Å². The molecule has 1 aromatic carbocycles. The van der Waals surface area contributed by atoms with E-state index >= 15 is 0 Å². The van der Waals surface area contributed by atoms with Crippen molar-refractivity contribution in [2.45, 2.75) is 19.8 Å². The van der Waals surface area contributed by atoms with E-state index in [2.05, 4.69) is 45.9 Å². The summed E-state index contributed by atoms with van der Waals surface area (Å²) in [5, 5.41) is 1.19. The van der Waals surface area contributed by atoms with Gasteiger partial charge in [-0.25, -0.2) is 4.98 Å². The van der Waals surface area contributed by atoms with E-state index in [-0.39, 0.29) is 0 Å². The highest BCUT2D eigenvalue weighted by molar-refractivity contribution is 5.90. The minimum atomic E-state index is 0.904. The molecule has 0 amide bonds. The number of benzene rings is 1. The highest BCUT2D eigenvalue weighted by Crippen LogP contribution is 2.29. The summed E-state index contributed by atoms with van der Waals surface area (Å²) < 4.78 is 0. The summed E-state index contributed by atoms with van der Waals surface area (Å²) in [5.41, 5.74) is 1.07. The molecule has 2 aliphatic heterocycles. The maximum absolute atomic E-state index is 4.98. The summed E-state index contributed by atoms with van der Waals surface area (Å²) in [5.74, 6) is 2.03. The van der Waals surface area contributed by atoms with Gasteiger partial charge in [-0.3, -0.25) is 0 Å². The van der Waals surface area contributed by atoms with Crippen molar-refractivity contribution in [3.63, 3.8) is 0 Å². The van der Waals surface area contributed by atoms with E-state index in [0.29, 0.717) is 0 Å². The molecule has 23 heavy (non-hydrogen) atoms. The fourth-order valence-corrected chi connectivity index (χ4v) is 3.62. The first-order chi connectivity index (χ1) is 11.3. The minimum absolute atomic E-state index is 0.904. The molecule has 5 nitrogen and oxygen atoms in total. The Bertz CT molecular complexity index is 672. The Labute approximate surface area is 137 Å². The van der Waals surface area contributed by atoms with E-state index in [1.165, 1.54) is 18.2 Å². The molecule has 4 rings (SSSR count). The van der Waals surface area contributed by atoms with Gasteiger partial charge in [-0.15, -0.1) is 0 Å². The van der Waals surface area contributed by atoms with Crippen LogP contribution in [-0.4, -0.2) is 60.7 Å². The van der Waals surface area contributed by atoms with Crippen LogP contribution in [0.25, 0.3) is 10.9 Å². The number of rotatable bonds is 3. The molecule has 0 radical (unpaired) electrons. The molecule has 2 fully saturated rings. The molecule has 0 aliphatic carbocycles. The Morgan fingerprint density at radius 1 is 0.870 bits per heavy atom. The summed E-state index contributed by atoms with van der Waals surface area (Å²) in [4.78, 5) is 17.1. The maximum Gasteiger partial charge on any atom is 0.227 e. The number of anilines is 2. The van der Waals surface area contributed by atoms with Gasteiger partial charge in [0, 0.05) is 44.7 Å². The molecule has 0 saturated carbocycles. The SMILES string of the molecule is CCN1CCN(c2nc(N3CCCC3)c3ccccc3n2)CC1. The van der Waals surface area contributed by atoms with E-state index in [9.17, 15) is 0 Å². The second-order valence-corrected chi connectivity index (χ2v) is 6.48. The van der Waals surface area contributed by atoms with Crippen LogP contribution in [-0.2, 0) is 0 Å². The van der Waals surface area contributed by atoms with E-state index < -0.39 is 0 Å². The fourth-order valence-electron chi connectivity index (χ4n) is 3.62. The zero-order valence-corrected chi connectivity index (χ0v) is 13.9. The van der Waals surface area contributed by atoms with Crippen molar-refractivity contribution in [1.29, 1.82) is 0 Å². The molecule has 5 heteroatoms. The first kappa shape index (κ1) is 14.7. The molecule has 3 heterocycles. The van der Waals surface area contributed by atoms with Crippen molar-refractivity contribution in [2.24, 2.45) is 0 Å². The van der Waals surface area contributed by atoms with Crippen molar-refractivity contribution >= 4 is 22.7 Å². The van der Waals surface area contributed by atoms with Crippen LogP contribution in [0.4, 0.5) is 11.8 Å². The van der Waals surface area contributed by atoms with Gasteiger partial charge in [0.1, 0.15) is 5.82 Å². The number of fused-ring (bicyclic) bond motifs is 1. The quantitative estimate of drug-likeness (QED) is 0.869. The van der Waals surface area contributed by atoms with Gasteiger partial charge in [0.2, 0.25) is 5.95 Å². The molecule has 0 bridgehead atoms. The summed E-state index contributed by atoms with van der Waals surface area (Å²) in [7, 11) is 0. The molecular weight excluding hydrogens is 286 g/mol. The summed E-state index contributed by atoms with van der Waals surface area (Å²) in [6.07, 6.45) is 2.53. The van der Waals surface area contributed by atoms with Gasteiger partial charge in [-0.05, 0) is 31.5 Å². The average Bonchev–Trinajstić information content (AvgIpc) is 3.15. The van der Waals surface area contributed by atoms with Gasteiger partial charge in [0.15, 0.2) is 0 Å². The van der Waals surface area contributed by atoms with Crippen LogP contribution in [0.15, 0.2) is 24.3 Å². The molecule has 0 atom stereocenters. The Morgan fingerprint density at radius 3 is 2.35 bits per heavy atom. The molecule has 1 aromatic heterocycles. The second-order valence-electron chi connectivity index (χ2n) is 6.48. The minimum Gasteiger partial charge on any atom is -0.356 e. The lowest BCUT2D eigenvalue weighted by Crippen LogP contribution is -2.46. The van der Waals surface area contributed by atoms with Crippen LogP contribution < -0.4 is 9.80 Å². The number of hydrogen-bond donors (Lipinski definition) is 0. The van der Waals surface area contributed by atoms with Crippen LogP contribution in [0.1, 0.15) is 19.8 Å². The Hall–Kier alpha value is -1.88. The molecule has 0 spiro atoms. The van der Waals surface area contributed by atoms with E-state index in [1.807, 2.05) is 0 Å². The van der Waals surface area contributed by atoms with Crippen molar-refractivity contribution in [3.8, 4) is 0 Å². The summed E-state index contributed by atoms with van der Waals surface area (Å²) in [6.45, 7) is 9.84. The predicted molar refractivity (Wildman–Crippen MR) is 95.3 cm³/mol. The van der Waals surface area contributed by atoms with E-state index in [0.717, 1.165) is 63.1 Å². The average molecular weight is 311 g/mol. The van der Waals surface area contributed by atoms with Gasteiger partial charge in [0.25, 0.3) is 0 Å². The third-order valence-electron chi connectivity index (χ3n) is 5.08. The molecule has 2 aliphatic rings. The summed E-state index contributed by atoms with van der Waals surface area (Å²) in [6, 6.07) is 8.43. The molecule has 0 N–H and O–H groups in total. The lowest BCUT2D eigenvalue weighted by molar-refractivity contribution is 0.270. The van der Waals surface area contributed by atoms with Crippen LogP contribution in [0.2, 0.25) is 0 Å². The standard InChI is InChI=1S/C18H25N5/c1-2-21-11-13-23(14-12-21)18-19-16-8-4-3-7-15(16)17(20-18)22-9-5-6-10-22/h3-4,7-8H,2,5-6,9-14H2,1H3. The predicted octanol–water partition coefficient (Wildman–Crippen LogP) is 2.37. The largest absolute Gasteiger partial charge is 0.356 e. The topological polar surface area (TPSA) is 35.5 Å². The van der Waals surface area contributed by atoms with Crippen LogP contribution in [0.3, 0.4) is 0 Å². The zero-order chi connectivity index (χ0) is 15.6. The van der Waals surface area contributed by atoms with Crippen molar-refractivity contribution < 1.29 is 0 Å². The lowest BCUT2D eigenvalue weighted by Gasteiger charge is -2.34. The fraction of sp³-hybridized carbons (Fsp3) is 0.556. The lowest BCUT2D eigenvalue weighted by atomic mass is 10.2. The number of aromatic nitrogens is 2. The van der Waals surface area contributed by atoms with E-state index in [1.54, 1.807) is 0 Å². The van der Waals surface area contributed by atoms with Crippen LogP contribution in [0.5, 0.6) is 0 Å². The van der Waals surface area contributed by atoms with Crippen molar-refractivity contribution in [1.82, 2.24) is 14.9 Å². The highest BCUT2D eigenvalue weighted by Gasteiger charge is 2.22. The normalized spacial score (nSPS) is 19.7. The highest BCUT2D eigenvalue weighted by atomic mass is 15.3. The van der Waals surface area contributed by atoms with Gasteiger partial charge in [-0.2, -0.15) is 4.98 Å². The molecule has 122 valence electrons. The first-order valence-electron chi connectivity index (χ1n) is 8.84. The zero-order valence-electron chi connectivity index (χ0n) is 13.9. The smallest absolute Gasteiger partial charge is 0.227 e. The molecule has 2 saturated heterocycles. The van der Waals surface area contributed by atoms with Gasteiger partial charge in [-0.1, -0.05) is 19.1 Å². The van der Waals surface area contributed by atoms with Crippen LogP contribution >= 0.6 is 0 Å². The molecular formula is C18H25N5. The molecule has 2 aromatic rings. The molecule has 0 unspecified atom stereocenters.